The Balaban J connectivity index is 3.00. The molecule has 2 atom stereocenters. The number of hydrogen-bond donors (Lipinski definition) is 0. The number of amides is 1. The van der Waals surface area contributed by atoms with E-state index in [-0.39, 0.29) is 17.3 Å². The molecular formula is C14H25NO3S. The molecule has 0 spiro atoms. The summed E-state index contributed by atoms with van der Waals surface area (Å²) >= 11 is 1.67. The van der Waals surface area contributed by atoms with Crippen molar-refractivity contribution in [3.63, 3.8) is 0 Å². The molecule has 110 valence electrons. The number of hydrogen-bond acceptors (Lipinski definition) is 4. The molecule has 4 nitrogen and oxygen atoms in total. The Morgan fingerprint density at radius 3 is 2.37 bits per heavy atom. The lowest BCUT2D eigenvalue weighted by Crippen LogP contribution is -2.51. The second-order valence-corrected chi connectivity index (χ2v) is 7.35. The number of esters is 1. The van der Waals surface area contributed by atoms with Crippen LogP contribution in [0.2, 0.25) is 0 Å². The fourth-order valence-corrected chi connectivity index (χ4v) is 3.57. The summed E-state index contributed by atoms with van der Waals surface area (Å²) in [4.78, 5) is 26.4. The summed E-state index contributed by atoms with van der Waals surface area (Å²) in [6, 6.07) is -0.441. The van der Waals surface area contributed by atoms with Gasteiger partial charge in [-0.3, -0.25) is 4.79 Å². The van der Waals surface area contributed by atoms with Crippen LogP contribution >= 0.6 is 11.8 Å². The average molecular weight is 287 g/mol. The normalized spacial score (nSPS) is 23.8. The van der Waals surface area contributed by atoms with Crippen molar-refractivity contribution in [2.24, 2.45) is 11.3 Å². The lowest BCUT2D eigenvalue weighted by Gasteiger charge is -2.35. The standard InChI is InChI=1S/C14H25NO3S/c1-7-18-12(16)10-8-19-11(9(2)3)15(10)13(17)14(4,5)6/h9-11H,7-8H2,1-6H3. The van der Waals surface area contributed by atoms with Gasteiger partial charge >= 0.3 is 5.97 Å². The Bertz CT molecular complexity index is 349. The third-order valence-corrected chi connectivity index (χ3v) is 4.66. The van der Waals surface area contributed by atoms with Gasteiger partial charge in [0.05, 0.1) is 12.0 Å². The van der Waals surface area contributed by atoms with Crippen molar-refractivity contribution in [3.8, 4) is 0 Å². The average Bonchev–Trinajstić information content (AvgIpc) is 2.71. The summed E-state index contributed by atoms with van der Waals surface area (Å²) in [7, 11) is 0. The smallest absolute Gasteiger partial charge is 0.329 e. The van der Waals surface area contributed by atoms with Crippen LogP contribution in [0.25, 0.3) is 0 Å². The summed E-state index contributed by atoms with van der Waals surface area (Å²) in [5, 5.41) is 0.0566. The van der Waals surface area contributed by atoms with Crippen molar-refractivity contribution < 1.29 is 14.3 Å². The third kappa shape index (κ3) is 3.65. The molecule has 1 saturated heterocycles. The molecule has 19 heavy (non-hydrogen) atoms. The minimum atomic E-state index is -0.483. The fourth-order valence-electron chi connectivity index (χ4n) is 2.11. The van der Waals surface area contributed by atoms with Gasteiger partial charge in [0.2, 0.25) is 5.91 Å². The number of ether oxygens (including phenoxy) is 1. The summed E-state index contributed by atoms with van der Waals surface area (Å²) in [5.41, 5.74) is -0.483. The van der Waals surface area contributed by atoms with Crippen molar-refractivity contribution in [2.45, 2.75) is 53.0 Å². The van der Waals surface area contributed by atoms with Gasteiger partial charge < -0.3 is 9.64 Å². The van der Waals surface area contributed by atoms with Gasteiger partial charge in [0, 0.05) is 11.2 Å². The van der Waals surface area contributed by atoms with Crippen LogP contribution < -0.4 is 0 Å². The third-order valence-electron chi connectivity index (χ3n) is 3.04. The Kier molecular flexibility index (Phi) is 5.30. The summed E-state index contributed by atoms with van der Waals surface area (Å²) in [6.07, 6.45) is 0. The first-order chi connectivity index (χ1) is 8.70. The lowest BCUT2D eigenvalue weighted by atomic mass is 9.93. The Hall–Kier alpha value is -0.710. The van der Waals surface area contributed by atoms with Gasteiger partial charge in [-0.2, -0.15) is 0 Å². The predicted octanol–water partition coefficient (Wildman–Crippen LogP) is 2.52. The van der Waals surface area contributed by atoms with Crippen molar-refractivity contribution in [3.05, 3.63) is 0 Å². The van der Waals surface area contributed by atoms with E-state index in [9.17, 15) is 9.59 Å². The highest BCUT2D eigenvalue weighted by Gasteiger charge is 2.46. The zero-order chi connectivity index (χ0) is 14.8. The number of thioether (sulfide) groups is 1. The fraction of sp³-hybridized carbons (Fsp3) is 0.857. The maximum Gasteiger partial charge on any atom is 0.329 e. The molecule has 1 aliphatic rings. The van der Waals surface area contributed by atoms with E-state index < -0.39 is 11.5 Å². The van der Waals surface area contributed by atoms with E-state index >= 15 is 0 Å². The zero-order valence-electron chi connectivity index (χ0n) is 12.7. The molecule has 0 N–H and O–H groups in total. The predicted molar refractivity (Wildman–Crippen MR) is 77.8 cm³/mol. The maximum absolute atomic E-state index is 12.6. The molecule has 0 aromatic heterocycles. The van der Waals surface area contributed by atoms with Crippen LogP contribution in [-0.4, -0.2) is 40.6 Å². The van der Waals surface area contributed by atoms with Crippen LogP contribution in [-0.2, 0) is 14.3 Å². The zero-order valence-corrected chi connectivity index (χ0v) is 13.5. The molecule has 1 aliphatic heterocycles. The largest absolute Gasteiger partial charge is 0.464 e. The molecule has 0 bridgehead atoms. The van der Waals surface area contributed by atoms with Crippen LogP contribution in [0.15, 0.2) is 0 Å². The van der Waals surface area contributed by atoms with Crippen LogP contribution in [0.4, 0.5) is 0 Å². The van der Waals surface area contributed by atoms with Gasteiger partial charge in [0.15, 0.2) is 0 Å². The number of carbonyl (C=O) groups is 2. The van der Waals surface area contributed by atoms with Crippen molar-refractivity contribution in [1.82, 2.24) is 4.90 Å². The van der Waals surface area contributed by atoms with Crippen LogP contribution in [0.5, 0.6) is 0 Å². The highest BCUT2D eigenvalue weighted by atomic mass is 32.2. The molecule has 2 unspecified atom stereocenters. The topological polar surface area (TPSA) is 46.6 Å². The molecule has 1 amide bonds. The maximum atomic E-state index is 12.6. The van der Waals surface area contributed by atoms with E-state index in [4.69, 9.17) is 4.74 Å². The number of carbonyl (C=O) groups excluding carboxylic acids is 2. The highest BCUT2D eigenvalue weighted by Crippen LogP contribution is 2.37. The molecule has 1 heterocycles. The summed E-state index contributed by atoms with van der Waals surface area (Å²) in [5.74, 6) is 0.685. The van der Waals surface area contributed by atoms with E-state index in [2.05, 4.69) is 13.8 Å². The lowest BCUT2D eigenvalue weighted by molar-refractivity contribution is -0.157. The highest BCUT2D eigenvalue weighted by molar-refractivity contribution is 8.00. The first kappa shape index (κ1) is 16.3. The number of rotatable bonds is 3. The van der Waals surface area contributed by atoms with E-state index in [0.717, 1.165) is 0 Å². The first-order valence-corrected chi connectivity index (χ1v) is 7.86. The van der Waals surface area contributed by atoms with Crippen LogP contribution in [0.1, 0.15) is 41.5 Å². The minimum absolute atomic E-state index is 0.0225. The van der Waals surface area contributed by atoms with Gasteiger partial charge in [-0.1, -0.05) is 34.6 Å². The number of nitrogens with zero attached hydrogens (tertiary/aromatic N) is 1. The quantitative estimate of drug-likeness (QED) is 0.748. The van der Waals surface area contributed by atoms with E-state index in [1.54, 1.807) is 23.6 Å². The first-order valence-electron chi connectivity index (χ1n) is 6.81. The molecule has 0 aromatic rings. The molecule has 0 saturated carbocycles. The van der Waals surface area contributed by atoms with Crippen molar-refractivity contribution in [2.75, 3.05) is 12.4 Å². The molecule has 0 aromatic carbocycles. The van der Waals surface area contributed by atoms with Crippen molar-refractivity contribution in [1.29, 1.82) is 0 Å². The molecule has 0 aliphatic carbocycles. The van der Waals surface area contributed by atoms with E-state index in [1.807, 2.05) is 20.8 Å². The monoisotopic (exact) mass is 287 g/mol. The summed E-state index contributed by atoms with van der Waals surface area (Å²) in [6.45, 7) is 12.0. The molecule has 1 rings (SSSR count). The van der Waals surface area contributed by atoms with Gasteiger partial charge in [0.25, 0.3) is 0 Å². The second-order valence-electron chi connectivity index (χ2n) is 6.20. The van der Waals surface area contributed by atoms with Gasteiger partial charge in [0.1, 0.15) is 6.04 Å². The van der Waals surface area contributed by atoms with Crippen LogP contribution in [0.3, 0.4) is 0 Å². The molecule has 5 heteroatoms. The van der Waals surface area contributed by atoms with Crippen LogP contribution in [0, 0.1) is 11.3 Å². The van der Waals surface area contributed by atoms with Gasteiger partial charge in [-0.05, 0) is 12.8 Å². The molecular weight excluding hydrogens is 262 g/mol. The van der Waals surface area contributed by atoms with E-state index in [1.165, 1.54) is 0 Å². The Morgan fingerprint density at radius 1 is 1.37 bits per heavy atom. The molecule has 1 fully saturated rings. The van der Waals surface area contributed by atoms with Gasteiger partial charge in [-0.15, -0.1) is 11.8 Å². The Morgan fingerprint density at radius 2 is 1.95 bits per heavy atom. The summed E-state index contributed by atoms with van der Waals surface area (Å²) < 4.78 is 5.10. The van der Waals surface area contributed by atoms with Gasteiger partial charge in [-0.25, -0.2) is 4.79 Å². The SMILES string of the molecule is CCOC(=O)C1CSC(C(C)C)N1C(=O)C(C)(C)C. The Labute approximate surface area is 120 Å². The molecule has 0 radical (unpaired) electrons. The second kappa shape index (κ2) is 6.16. The minimum Gasteiger partial charge on any atom is -0.464 e. The van der Waals surface area contributed by atoms with E-state index in [0.29, 0.717) is 18.3 Å². The van der Waals surface area contributed by atoms with Crippen molar-refractivity contribution >= 4 is 23.6 Å².